The average molecular weight is 264 g/mol. The molecule has 2 aliphatic rings. The molecule has 0 spiro atoms. The molecule has 18 heavy (non-hydrogen) atoms. The molecule has 0 radical (unpaired) electrons. The summed E-state index contributed by atoms with van der Waals surface area (Å²) in [5.41, 5.74) is 1.59. The third kappa shape index (κ3) is 3.14. The normalized spacial score (nSPS) is 25.0. The van der Waals surface area contributed by atoms with Crippen molar-refractivity contribution in [2.24, 2.45) is 5.92 Å². The molecular weight excluding hydrogens is 240 g/mol. The first-order chi connectivity index (χ1) is 8.92. The summed E-state index contributed by atoms with van der Waals surface area (Å²) in [6.45, 7) is 6.27. The smallest absolute Gasteiger partial charge is 0.0244 e. The largest absolute Gasteiger partial charge is 0.316 e. The Labute approximate surface area is 114 Å². The number of rotatable bonds is 4. The average Bonchev–Trinajstić information content (AvgIpc) is 2.87. The lowest BCUT2D eigenvalue weighted by molar-refractivity contribution is 0.238. The molecule has 1 fully saturated rings. The first-order valence-corrected chi connectivity index (χ1v) is 8.28. The summed E-state index contributed by atoms with van der Waals surface area (Å²) in [6, 6.07) is 2.32. The van der Waals surface area contributed by atoms with E-state index >= 15 is 0 Å². The molecule has 1 aromatic rings. The van der Waals surface area contributed by atoms with E-state index in [4.69, 9.17) is 0 Å². The van der Waals surface area contributed by atoms with E-state index in [1.54, 1.807) is 10.4 Å². The number of thiophene rings is 1. The predicted molar refractivity (Wildman–Crippen MR) is 78.1 cm³/mol. The van der Waals surface area contributed by atoms with Gasteiger partial charge >= 0.3 is 0 Å². The van der Waals surface area contributed by atoms with Crippen molar-refractivity contribution >= 4 is 11.3 Å². The molecule has 1 saturated heterocycles. The Kier molecular flexibility index (Phi) is 4.34. The molecule has 3 heteroatoms. The molecule has 100 valence electrons. The van der Waals surface area contributed by atoms with Gasteiger partial charge in [-0.25, -0.2) is 0 Å². The molecule has 0 amide bonds. The second-order valence-corrected chi connectivity index (χ2v) is 6.75. The molecule has 0 bridgehead atoms. The number of fused-ring (bicyclic) bond motifs is 1. The Hall–Kier alpha value is -0.380. The van der Waals surface area contributed by atoms with E-state index in [1.165, 1.54) is 64.8 Å². The van der Waals surface area contributed by atoms with Gasteiger partial charge in [0.15, 0.2) is 0 Å². The number of nitrogens with one attached hydrogen (secondary N) is 1. The zero-order chi connectivity index (χ0) is 12.2. The Morgan fingerprint density at radius 3 is 3.33 bits per heavy atom. The first kappa shape index (κ1) is 12.6. The van der Waals surface area contributed by atoms with E-state index in [2.05, 4.69) is 21.7 Å². The maximum atomic E-state index is 3.52. The van der Waals surface area contributed by atoms with Crippen molar-refractivity contribution in [2.75, 3.05) is 26.2 Å². The number of hydrogen-bond acceptors (Lipinski definition) is 3. The summed E-state index contributed by atoms with van der Waals surface area (Å²) in [5, 5.41) is 5.77. The topological polar surface area (TPSA) is 15.3 Å². The Balaban J connectivity index is 1.39. The van der Waals surface area contributed by atoms with Crippen molar-refractivity contribution < 1.29 is 0 Å². The van der Waals surface area contributed by atoms with Crippen molar-refractivity contribution in [1.82, 2.24) is 10.2 Å². The second kappa shape index (κ2) is 6.18. The summed E-state index contributed by atoms with van der Waals surface area (Å²) in [5.74, 6) is 0.945. The van der Waals surface area contributed by atoms with Crippen LogP contribution in [-0.2, 0) is 13.0 Å². The minimum atomic E-state index is 0.945. The number of hydrogen-bond donors (Lipinski definition) is 1. The molecule has 1 atom stereocenters. The third-order valence-electron chi connectivity index (χ3n) is 4.37. The van der Waals surface area contributed by atoms with Gasteiger partial charge < -0.3 is 5.32 Å². The third-order valence-corrected chi connectivity index (χ3v) is 5.40. The van der Waals surface area contributed by atoms with Crippen molar-refractivity contribution in [2.45, 2.75) is 38.6 Å². The van der Waals surface area contributed by atoms with Crippen LogP contribution in [0.3, 0.4) is 0 Å². The van der Waals surface area contributed by atoms with Gasteiger partial charge in [0, 0.05) is 18.0 Å². The molecule has 2 aliphatic heterocycles. The standard InChI is InChI=1S/C15H24N2S/c1-3-13(11-16-7-1)4-2-8-17-9-5-15-14(12-17)6-10-18-15/h6,10,13,16H,1-5,7-9,11-12H2. The Morgan fingerprint density at radius 1 is 1.44 bits per heavy atom. The highest BCUT2D eigenvalue weighted by Crippen LogP contribution is 2.24. The van der Waals surface area contributed by atoms with E-state index in [9.17, 15) is 0 Å². The molecular formula is C15H24N2S. The van der Waals surface area contributed by atoms with Crippen molar-refractivity contribution in [1.29, 1.82) is 0 Å². The van der Waals surface area contributed by atoms with Gasteiger partial charge in [0.05, 0.1) is 0 Å². The summed E-state index contributed by atoms with van der Waals surface area (Å²) in [7, 11) is 0. The van der Waals surface area contributed by atoms with Crippen LogP contribution >= 0.6 is 11.3 Å². The van der Waals surface area contributed by atoms with Gasteiger partial charge in [-0.3, -0.25) is 4.90 Å². The van der Waals surface area contributed by atoms with Gasteiger partial charge in [0.25, 0.3) is 0 Å². The van der Waals surface area contributed by atoms with Crippen LogP contribution in [0.15, 0.2) is 11.4 Å². The minimum Gasteiger partial charge on any atom is -0.316 e. The number of piperidine rings is 1. The fourth-order valence-corrected chi connectivity index (χ4v) is 4.16. The lowest BCUT2D eigenvalue weighted by Gasteiger charge is -2.28. The fourth-order valence-electron chi connectivity index (χ4n) is 3.27. The summed E-state index contributed by atoms with van der Waals surface area (Å²) < 4.78 is 0. The van der Waals surface area contributed by atoms with Crippen molar-refractivity contribution in [3.05, 3.63) is 21.9 Å². The van der Waals surface area contributed by atoms with Crippen LogP contribution in [0, 0.1) is 5.92 Å². The van der Waals surface area contributed by atoms with Crippen molar-refractivity contribution in [3.63, 3.8) is 0 Å². The van der Waals surface area contributed by atoms with Crippen LogP contribution < -0.4 is 5.32 Å². The van der Waals surface area contributed by atoms with Crippen LogP contribution in [0.25, 0.3) is 0 Å². The number of nitrogens with zero attached hydrogens (tertiary/aromatic N) is 1. The molecule has 0 saturated carbocycles. The molecule has 2 nitrogen and oxygen atoms in total. The van der Waals surface area contributed by atoms with E-state index in [1.807, 2.05) is 11.3 Å². The van der Waals surface area contributed by atoms with Gasteiger partial charge in [-0.2, -0.15) is 0 Å². The van der Waals surface area contributed by atoms with E-state index < -0.39 is 0 Å². The molecule has 0 aromatic carbocycles. The van der Waals surface area contributed by atoms with Gasteiger partial charge in [-0.05, 0) is 74.7 Å². The molecule has 1 N–H and O–H groups in total. The Bertz CT molecular complexity index is 368. The quantitative estimate of drug-likeness (QED) is 0.899. The summed E-state index contributed by atoms with van der Waals surface area (Å²) >= 11 is 1.94. The van der Waals surface area contributed by atoms with Crippen LogP contribution in [0.2, 0.25) is 0 Å². The second-order valence-electron chi connectivity index (χ2n) is 5.75. The zero-order valence-corrected chi connectivity index (χ0v) is 12.0. The van der Waals surface area contributed by atoms with E-state index in [0.29, 0.717) is 0 Å². The summed E-state index contributed by atoms with van der Waals surface area (Å²) in [6.07, 6.45) is 6.90. The minimum absolute atomic E-state index is 0.945. The zero-order valence-electron chi connectivity index (χ0n) is 11.2. The maximum Gasteiger partial charge on any atom is 0.0244 e. The first-order valence-electron chi connectivity index (χ1n) is 7.40. The Morgan fingerprint density at radius 2 is 2.44 bits per heavy atom. The highest BCUT2D eigenvalue weighted by molar-refractivity contribution is 7.10. The van der Waals surface area contributed by atoms with Gasteiger partial charge in [0.2, 0.25) is 0 Å². The van der Waals surface area contributed by atoms with Crippen LogP contribution in [0.5, 0.6) is 0 Å². The van der Waals surface area contributed by atoms with E-state index in [0.717, 1.165) is 5.92 Å². The van der Waals surface area contributed by atoms with Gasteiger partial charge in [0.1, 0.15) is 0 Å². The van der Waals surface area contributed by atoms with Crippen LogP contribution in [-0.4, -0.2) is 31.1 Å². The monoisotopic (exact) mass is 264 g/mol. The van der Waals surface area contributed by atoms with Crippen molar-refractivity contribution in [3.8, 4) is 0 Å². The van der Waals surface area contributed by atoms with Gasteiger partial charge in [-0.1, -0.05) is 0 Å². The summed E-state index contributed by atoms with van der Waals surface area (Å²) in [4.78, 5) is 4.27. The lowest BCUT2D eigenvalue weighted by Crippen LogP contribution is -2.32. The highest BCUT2D eigenvalue weighted by atomic mass is 32.1. The van der Waals surface area contributed by atoms with E-state index in [-0.39, 0.29) is 0 Å². The SMILES string of the molecule is c1cc2c(s1)CCN(CCCC1CCCNC1)C2. The fraction of sp³-hybridized carbons (Fsp3) is 0.733. The molecule has 1 unspecified atom stereocenters. The molecule has 3 rings (SSSR count). The van der Waals surface area contributed by atoms with Gasteiger partial charge in [-0.15, -0.1) is 11.3 Å². The predicted octanol–water partition coefficient (Wildman–Crippen LogP) is 2.89. The van der Waals surface area contributed by atoms with Crippen LogP contribution in [0.4, 0.5) is 0 Å². The molecule has 1 aromatic heterocycles. The maximum absolute atomic E-state index is 3.52. The lowest BCUT2D eigenvalue weighted by atomic mass is 9.94. The van der Waals surface area contributed by atoms with Crippen LogP contribution in [0.1, 0.15) is 36.1 Å². The molecule has 3 heterocycles. The highest BCUT2D eigenvalue weighted by Gasteiger charge is 2.17. The molecule has 0 aliphatic carbocycles.